The van der Waals surface area contributed by atoms with E-state index in [-0.39, 0.29) is 17.4 Å². The number of rotatable bonds is 2. The molecule has 16 heavy (non-hydrogen) atoms. The number of carbonyl (C=O) groups is 1. The Morgan fingerprint density at radius 3 is 2.50 bits per heavy atom. The zero-order chi connectivity index (χ0) is 12.3. The van der Waals surface area contributed by atoms with Crippen LogP contribution in [0.4, 0.5) is 0 Å². The number of carbonyl (C=O) groups excluding carboxylic acids is 1. The lowest BCUT2D eigenvalue weighted by Crippen LogP contribution is -2.41. The smallest absolute Gasteiger partial charge is 0.253 e. The predicted octanol–water partition coefficient (Wildman–Crippen LogP) is 2.90. The molecule has 0 aliphatic heterocycles. The molecule has 1 heterocycles. The molecule has 1 amide bonds. The minimum atomic E-state index is -0.119. The molecule has 1 atom stereocenters. The normalized spacial score (nSPS) is 13.3. The highest BCUT2D eigenvalue weighted by molar-refractivity contribution is 6.29. The van der Waals surface area contributed by atoms with E-state index in [1.165, 1.54) is 6.20 Å². The quantitative estimate of drug-likeness (QED) is 0.808. The van der Waals surface area contributed by atoms with E-state index in [0.29, 0.717) is 10.7 Å². The first-order valence-electron chi connectivity index (χ1n) is 5.23. The fourth-order valence-corrected chi connectivity index (χ4v) is 1.12. The van der Waals surface area contributed by atoms with Crippen molar-refractivity contribution in [1.82, 2.24) is 10.3 Å². The summed E-state index contributed by atoms with van der Waals surface area (Å²) < 4.78 is 0. The third-order valence-electron chi connectivity index (χ3n) is 2.64. The van der Waals surface area contributed by atoms with Crippen molar-refractivity contribution < 1.29 is 4.79 Å². The molecule has 3 nitrogen and oxygen atoms in total. The first-order chi connectivity index (χ1) is 7.30. The van der Waals surface area contributed by atoms with E-state index >= 15 is 0 Å². The number of halogens is 1. The average Bonchev–Trinajstić information content (AvgIpc) is 2.17. The zero-order valence-electron chi connectivity index (χ0n) is 10.0. The Kier molecular flexibility index (Phi) is 3.92. The number of pyridine rings is 1. The lowest BCUT2D eigenvalue weighted by Gasteiger charge is -2.28. The van der Waals surface area contributed by atoms with E-state index in [1.54, 1.807) is 12.1 Å². The molecule has 0 aromatic carbocycles. The maximum atomic E-state index is 11.8. The van der Waals surface area contributed by atoms with E-state index in [9.17, 15) is 4.79 Å². The van der Waals surface area contributed by atoms with Crippen molar-refractivity contribution in [3.63, 3.8) is 0 Å². The topological polar surface area (TPSA) is 42.0 Å². The molecule has 0 aliphatic carbocycles. The standard InChI is InChI=1S/C12H17ClN2O/c1-8(12(2,3)4)15-11(16)9-5-6-10(13)14-7-9/h5-8H,1-4H3,(H,15,16). The fraction of sp³-hybridized carbons (Fsp3) is 0.500. The van der Waals surface area contributed by atoms with Gasteiger partial charge in [0.1, 0.15) is 5.15 Å². The predicted molar refractivity (Wildman–Crippen MR) is 65.6 cm³/mol. The van der Waals surface area contributed by atoms with Gasteiger partial charge in [-0.05, 0) is 24.5 Å². The molecule has 1 unspecified atom stereocenters. The molecule has 4 heteroatoms. The van der Waals surface area contributed by atoms with E-state index in [0.717, 1.165) is 0 Å². The Bertz CT molecular complexity index is 368. The first kappa shape index (κ1) is 13.0. The second-order valence-electron chi connectivity index (χ2n) is 4.93. The molecule has 0 saturated heterocycles. The molecule has 1 aromatic heterocycles. The molecule has 1 aromatic rings. The van der Waals surface area contributed by atoms with Gasteiger partial charge in [-0.1, -0.05) is 32.4 Å². The van der Waals surface area contributed by atoms with Crippen LogP contribution in [-0.2, 0) is 0 Å². The van der Waals surface area contributed by atoms with Gasteiger partial charge >= 0.3 is 0 Å². The van der Waals surface area contributed by atoms with Gasteiger partial charge in [0.15, 0.2) is 0 Å². The summed E-state index contributed by atoms with van der Waals surface area (Å²) in [4.78, 5) is 15.7. The number of amides is 1. The summed E-state index contributed by atoms with van der Waals surface area (Å²) >= 11 is 5.65. The van der Waals surface area contributed by atoms with Gasteiger partial charge in [-0.25, -0.2) is 4.98 Å². The van der Waals surface area contributed by atoms with Crippen LogP contribution in [0.3, 0.4) is 0 Å². The molecule has 0 fully saturated rings. The summed E-state index contributed by atoms with van der Waals surface area (Å²) in [5.74, 6) is -0.119. The fourth-order valence-electron chi connectivity index (χ4n) is 1.01. The third-order valence-corrected chi connectivity index (χ3v) is 2.86. The summed E-state index contributed by atoms with van der Waals surface area (Å²) in [6, 6.07) is 3.37. The Morgan fingerprint density at radius 1 is 1.44 bits per heavy atom. The maximum Gasteiger partial charge on any atom is 0.253 e. The van der Waals surface area contributed by atoms with Crippen LogP contribution in [0.1, 0.15) is 38.1 Å². The number of hydrogen-bond acceptors (Lipinski definition) is 2. The monoisotopic (exact) mass is 240 g/mol. The lowest BCUT2D eigenvalue weighted by molar-refractivity contribution is 0.0910. The van der Waals surface area contributed by atoms with Crippen LogP contribution in [0.2, 0.25) is 5.15 Å². The highest BCUT2D eigenvalue weighted by atomic mass is 35.5. The number of nitrogens with one attached hydrogen (secondary N) is 1. The average molecular weight is 241 g/mol. The van der Waals surface area contributed by atoms with Crippen LogP contribution in [0.5, 0.6) is 0 Å². The van der Waals surface area contributed by atoms with Crippen molar-refractivity contribution in [2.45, 2.75) is 33.7 Å². The summed E-state index contributed by atoms with van der Waals surface area (Å²) in [5, 5.41) is 3.32. The lowest BCUT2D eigenvalue weighted by atomic mass is 9.88. The molecular weight excluding hydrogens is 224 g/mol. The molecule has 0 bridgehead atoms. The highest BCUT2D eigenvalue weighted by Gasteiger charge is 2.22. The van der Waals surface area contributed by atoms with Gasteiger partial charge in [0.25, 0.3) is 5.91 Å². The van der Waals surface area contributed by atoms with E-state index in [2.05, 4.69) is 31.1 Å². The van der Waals surface area contributed by atoms with Crippen LogP contribution in [0.15, 0.2) is 18.3 Å². The first-order valence-corrected chi connectivity index (χ1v) is 5.61. The second-order valence-corrected chi connectivity index (χ2v) is 5.32. The Morgan fingerprint density at radius 2 is 2.06 bits per heavy atom. The van der Waals surface area contributed by atoms with Gasteiger partial charge in [-0.3, -0.25) is 4.79 Å². The van der Waals surface area contributed by atoms with Crippen LogP contribution >= 0.6 is 11.6 Å². The molecule has 0 saturated carbocycles. The van der Waals surface area contributed by atoms with Gasteiger partial charge in [0.05, 0.1) is 5.56 Å². The largest absolute Gasteiger partial charge is 0.349 e. The van der Waals surface area contributed by atoms with Crippen LogP contribution in [0.25, 0.3) is 0 Å². The van der Waals surface area contributed by atoms with Gasteiger partial charge in [0.2, 0.25) is 0 Å². The molecular formula is C12H17ClN2O. The molecule has 0 radical (unpaired) electrons. The van der Waals surface area contributed by atoms with Gasteiger partial charge < -0.3 is 5.32 Å². The highest BCUT2D eigenvalue weighted by Crippen LogP contribution is 2.18. The van der Waals surface area contributed by atoms with E-state index in [4.69, 9.17) is 11.6 Å². The number of aromatic nitrogens is 1. The second kappa shape index (κ2) is 4.83. The summed E-state index contributed by atoms with van der Waals surface area (Å²) in [6.45, 7) is 8.23. The summed E-state index contributed by atoms with van der Waals surface area (Å²) in [5.41, 5.74) is 0.565. The minimum absolute atomic E-state index is 0.0372. The molecule has 0 aliphatic rings. The molecule has 1 N–H and O–H groups in total. The van der Waals surface area contributed by atoms with Crippen molar-refractivity contribution in [3.8, 4) is 0 Å². The third kappa shape index (κ3) is 3.49. The van der Waals surface area contributed by atoms with Crippen molar-refractivity contribution in [2.75, 3.05) is 0 Å². The zero-order valence-corrected chi connectivity index (χ0v) is 10.8. The summed E-state index contributed by atoms with van der Waals surface area (Å²) in [7, 11) is 0. The van der Waals surface area contributed by atoms with Gasteiger partial charge in [-0.15, -0.1) is 0 Å². The van der Waals surface area contributed by atoms with Gasteiger partial charge in [-0.2, -0.15) is 0 Å². The summed E-state index contributed by atoms with van der Waals surface area (Å²) in [6.07, 6.45) is 1.48. The van der Waals surface area contributed by atoms with Crippen LogP contribution < -0.4 is 5.32 Å². The van der Waals surface area contributed by atoms with Gasteiger partial charge in [0, 0.05) is 12.2 Å². The Balaban J connectivity index is 2.70. The van der Waals surface area contributed by atoms with Crippen molar-refractivity contribution >= 4 is 17.5 Å². The molecule has 1 rings (SSSR count). The Labute approximate surface area is 101 Å². The number of nitrogens with zero attached hydrogens (tertiary/aromatic N) is 1. The minimum Gasteiger partial charge on any atom is -0.349 e. The number of hydrogen-bond donors (Lipinski definition) is 1. The van der Waals surface area contributed by atoms with Crippen molar-refractivity contribution in [3.05, 3.63) is 29.0 Å². The van der Waals surface area contributed by atoms with Crippen LogP contribution in [0, 0.1) is 5.41 Å². The van der Waals surface area contributed by atoms with E-state index in [1.807, 2.05) is 6.92 Å². The Hall–Kier alpha value is -1.09. The van der Waals surface area contributed by atoms with Crippen LogP contribution in [-0.4, -0.2) is 16.9 Å². The SMILES string of the molecule is CC(NC(=O)c1ccc(Cl)nc1)C(C)(C)C. The maximum absolute atomic E-state index is 11.8. The van der Waals surface area contributed by atoms with E-state index < -0.39 is 0 Å². The molecule has 88 valence electrons. The van der Waals surface area contributed by atoms with Crippen molar-refractivity contribution in [2.24, 2.45) is 5.41 Å². The van der Waals surface area contributed by atoms with Crippen molar-refractivity contribution in [1.29, 1.82) is 0 Å². The molecule has 0 spiro atoms.